The summed E-state index contributed by atoms with van der Waals surface area (Å²) in [5.41, 5.74) is 0. The van der Waals surface area contributed by atoms with Gasteiger partial charge in [0, 0.05) is 12.8 Å². The number of unbranched alkanes of at least 4 members (excludes halogenated alkanes) is 22. The molecule has 0 aromatic heterocycles. The van der Waals surface area contributed by atoms with Crippen LogP contribution in [0.5, 0.6) is 0 Å². The van der Waals surface area contributed by atoms with Gasteiger partial charge in [-0.3, -0.25) is 9.59 Å². The Morgan fingerprint density at radius 2 is 0.927 bits per heavy atom. The van der Waals surface area contributed by atoms with Crippen LogP contribution >= 0.6 is 0 Å². The molecule has 0 amide bonds. The molecular weight excluding hydrogens is 512 g/mol. The smallest absolute Gasteiger partial charge is 0.306 e. The summed E-state index contributed by atoms with van der Waals surface area (Å²) < 4.78 is 10.6. The summed E-state index contributed by atoms with van der Waals surface area (Å²) in [5.74, 6) is -0.596. The van der Waals surface area contributed by atoms with Crippen LogP contribution in [0.25, 0.3) is 0 Å². The standard InChI is InChI=1S/C36H68O5/c1-3-5-7-9-11-13-15-16-17-18-19-21-22-24-26-28-30-35(38)40-33-34(32-37)41-36(39)31-29-27-25-23-20-14-12-10-8-6-4-2/h10,12,34,37H,3-9,11,13-33H2,1-2H3/b12-10+/t34-/m0/s1. The van der Waals surface area contributed by atoms with E-state index in [1.807, 2.05) is 0 Å². The van der Waals surface area contributed by atoms with E-state index in [0.29, 0.717) is 12.8 Å². The van der Waals surface area contributed by atoms with E-state index in [0.717, 1.165) is 44.9 Å². The highest BCUT2D eigenvalue weighted by Gasteiger charge is 2.16. The molecule has 0 heterocycles. The molecule has 0 spiro atoms. The summed E-state index contributed by atoms with van der Waals surface area (Å²) in [6.45, 7) is 4.09. The van der Waals surface area contributed by atoms with Crippen molar-refractivity contribution in [2.45, 2.75) is 193 Å². The lowest BCUT2D eigenvalue weighted by Gasteiger charge is -2.15. The van der Waals surface area contributed by atoms with Crippen molar-refractivity contribution in [3.63, 3.8) is 0 Å². The summed E-state index contributed by atoms with van der Waals surface area (Å²) in [6, 6.07) is 0. The van der Waals surface area contributed by atoms with Crippen molar-refractivity contribution >= 4 is 11.9 Å². The monoisotopic (exact) mass is 581 g/mol. The summed E-state index contributed by atoms with van der Waals surface area (Å²) in [6.07, 6.45) is 35.5. The van der Waals surface area contributed by atoms with E-state index in [9.17, 15) is 14.7 Å². The van der Waals surface area contributed by atoms with Gasteiger partial charge in [0.1, 0.15) is 6.61 Å². The Kier molecular flexibility index (Phi) is 32.0. The second kappa shape index (κ2) is 33.1. The Bertz CT molecular complexity index is 589. The van der Waals surface area contributed by atoms with Gasteiger partial charge in [-0.05, 0) is 32.1 Å². The summed E-state index contributed by atoms with van der Waals surface area (Å²) in [7, 11) is 0. The third-order valence-corrected chi connectivity index (χ3v) is 7.81. The van der Waals surface area contributed by atoms with Crippen molar-refractivity contribution in [3.8, 4) is 0 Å². The molecule has 0 aliphatic rings. The molecule has 0 fully saturated rings. The SMILES string of the molecule is CCCC/C=C/CCCCCCCC(=O)O[C@@H](CO)COC(=O)CCCCCCCCCCCCCCCCCC. The van der Waals surface area contributed by atoms with E-state index < -0.39 is 6.10 Å². The van der Waals surface area contributed by atoms with Gasteiger partial charge in [0.15, 0.2) is 6.10 Å². The molecule has 0 unspecified atom stereocenters. The minimum atomic E-state index is -0.767. The first kappa shape index (κ1) is 39.6. The Morgan fingerprint density at radius 3 is 1.39 bits per heavy atom. The normalized spacial score (nSPS) is 12.2. The van der Waals surface area contributed by atoms with Gasteiger partial charge in [0.05, 0.1) is 6.61 Å². The highest BCUT2D eigenvalue weighted by molar-refractivity contribution is 5.70. The lowest BCUT2D eigenvalue weighted by Crippen LogP contribution is -2.28. The average Bonchev–Trinajstić information content (AvgIpc) is 2.97. The van der Waals surface area contributed by atoms with E-state index in [1.54, 1.807) is 0 Å². The van der Waals surface area contributed by atoms with E-state index in [-0.39, 0.29) is 25.2 Å². The van der Waals surface area contributed by atoms with Gasteiger partial charge in [-0.25, -0.2) is 0 Å². The minimum Gasteiger partial charge on any atom is -0.462 e. The van der Waals surface area contributed by atoms with Crippen LogP contribution in [0.3, 0.4) is 0 Å². The summed E-state index contributed by atoms with van der Waals surface area (Å²) in [5, 5.41) is 9.50. The van der Waals surface area contributed by atoms with Gasteiger partial charge in [-0.15, -0.1) is 0 Å². The van der Waals surface area contributed by atoms with Crippen LogP contribution in [-0.2, 0) is 19.1 Å². The van der Waals surface area contributed by atoms with Crippen molar-refractivity contribution in [2.75, 3.05) is 13.2 Å². The number of aliphatic hydroxyl groups excluding tert-OH is 1. The maximum absolute atomic E-state index is 12.1. The van der Waals surface area contributed by atoms with Crippen molar-refractivity contribution in [3.05, 3.63) is 12.2 Å². The molecule has 0 aromatic rings. The predicted molar refractivity (Wildman–Crippen MR) is 173 cm³/mol. The molecule has 5 nitrogen and oxygen atoms in total. The molecule has 0 bridgehead atoms. The third kappa shape index (κ3) is 31.4. The molecule has 0 radical (unpaired) electrons. The van der Waals surface area contributed by atoms with Gasteiger partial charge in [-0.2, -0.15) is 0 Å². The highest BCUT2D eigenvalue weighted by atomic mass is 16.6. The molecular formula is C36H68O5. The summed E-state index contributed by atoms with van der Waals surface area (Å²) >= 11 is 0. The zero-order valence-corrected chi connectivity index (χ0v) is 27.3. The predicted octanol–water partition coefficient (Wildman–Crippen LogP) is 10.6. The summed E-state index contributed by atoms with van der Waals surface area (Å²) in [4.78, 5) is 24.1. The number of ether oxygens (including phenoxy) is 2. The molecule has 1 atom stereocenters. The highest BCUT2D eigenvalue weighted by Crippen LogP contribution is 2.14. The van der Waals surface area contributed by atoms with E-state index in [1.165, 1.54) is 116 Å². The molecule has 0 saturated carbocycles. The molecule has 41 heavy (non-hydrogen) atoms. The fourth-order valence-electron chi connectivity index (χ4n) is 5.06. The molecule has 0 aromatic carbocycles. The molecule has 5 heteroatoms. The first-order chi connectivity index (χ1) is 20.1. The first-order valence-electron chi connectivity index (χ1n) is 17.7. The van der Waals surface area contributed by atoms with Crippen molar-refractivity contribution in [1.82, 2.24) is 0 Å². The molecule has 0 aliphatic heterocycles. The number of hydrogen-bond donors (Lipinski definition) is 1. The van der Waals surface area contributed by atoms with Crippen LogP contribution in [0.1, 0.15) is 187 Å². The quantitative estimate of drug-likeness (QED) is 0.0487. The molecule has 242 valence electrons. The molecule has 1 N–H and O–H groups in total. The number of aliphatic hydroxyl groups is 1. The second-order valence-corrected chi connectivity index (χ2v) is 12.0. The minimum absolute atomic E-state index is 0.0638. The molecule has 0 aliphatic carbocycles. The van der Waals surface area contributed by atoms with Gasteiger partial charge >= 0.3 is 11.9 Å². The van der Waals surface area contributed by atoms with Crippen LogP contribution < -0.4 is 0 Å². The number of carbonyl (C=O) groups excluding carboxylic acids is 2. The third-order valence-electron chi connectivity index (χ3n) is 7.81. The second-order valence-electron chi connectivity index (χ2n) is 12.0. The number of hydrogen-bond acceptors (Lipinski definition) is 5. The number of esters is 2. The van der Waals surface area contributed by atoms with Gasteiger partial charge < -0.3 is 14.6 Å². The van der Waals surface area contributed by atoms with E-state index >= 15 is 0 Å². The van der Waals surface area contributed by atoms with Gasteiger partial charge in [-0.1, -0.05) is 154 Å². The number of rotatable bonds is 32. The maximum atomic E-state index is 12.1. The fraction of sp³-hybridized carbons (Fsp3) is 0.889. The Hall–Kier alpha value is -1.36. The number of allylic oxidation sites excluding steroid dienone is 2. The van der Waals surface area contributed by atoms with Crippen molar-refractivity contribution in [1.29, 1.82) is 0 Å². The van der Waals surface area contributed by atoms with Crippen molar-refractivity contribution < 1.29 is 24.2 Å². The van der Waals surface area contributed by atoms with Gasteiger partial charge in [0.2, 0.25) is 0 Å². The zero-order valence-electron chi connectivity index (χ0n) is 27.3. The molecule has 0 saturated heterocycles. The lowest BCUT2D eigenvalue weighted by atomic mass is 10.0. The van der Waals surface area contributed by atoms with E-state index in [4.69, 9.17) is 9.47 Å². The van der Waals surface area contributed by atoms with Gasteiger partial charge in [0.25, 0.3) is 0 Å². The fourth-order valence-corrected chi connectivity index (χ4v) is 5.06. The maximum Gasteiger partial charge on any atom is 0.306 e. The van der Waals surface area contributed by atoms with Crippen molar-refractivity contribution in [2.24, 2.45) is 0 Å². The molecule has 0 rings (SSSR count). The first-order valence-corrected chi connectivity index (χ1v) is 17.7. The van der Waals surface area contributed by atoms with Crippen LogP contribution in [0.2, 0.25) is 0 Å². The van der Waals surface area contributed by atoms with Crippen LogP contribution in [-0.4, -0.2) is 36.4 Å². The lowest BCUT2D eigenvalue weighted by molar-refractivity contribution is -0.161. The topological polar surface area (TPSA) is 72.8 Å². The Balaban J connectivity index is 3.53. The zero-order chi connectivity index (χ0) is 30.1. The average molecular weight is 581 g/mol. The number of carbonyl (C=O) groups is 2. The Labute approximate surface area is 254 Å². The van der Waals surface area contributed by atoms with Crippen LogP contribution in [0.15, 0.2) is 12.2 Å². The Morgan fingerprint density at radius 1 is 0.537 bits per heavy atom. The van der Waals surface area contributed by atoms with Crippen LogP contribution in [0.4, 0.5) is 0 Å². The van der Waals surface area contributed by atoms with Crippen LogP contribution in [0, 0.1) is 0 Å². The largest absolute Gasteiger partial charge is 0.462 e. The van der Waals surface area contributed by atoms with E-state index in [2.05, 4.69) is 26.0 Å².